The molecule has 3 aromatic heterocycles. The van der Waals surface area contributed by atoms with Crippen molar-refractivity contribution in [3.05, 3.63) is 57.2 Å². The number of fused-ring (bicyclic) bond motifs is 3. The van der Waals surface area contributed by atoms with Crippen LogP contribution >= 0.6 is 36.2 Å². The van der Waals surface area contributed by atoms with Gasteiger partial charge >= 0.3 is 0 Å². The largest absolute Gasteiger partial charge is 0.312 e. The van der Waals surface area contributed by atoms with E-state index in [0.717, 1.165) is 54.6 Å². The van der Waals surface area contributed by atoms with Crippen molar-refractivity contribution in [2.75, 3.05) is 6.54 Å². The zero-order valence-electron chi connectivity index (χ0n) is 15.2. The third-order valence-electron chi connectivity index (χ3n) is 4.89. The second-order valence-corrected chi connectivity index (χ2v) is 7.60. The quantitative estimate of drug-likeness (QED) is 0.666. The van der Waals surface area contributed by atoms with E-state index in [1.54, 1.807) is 23.9 Å². The zero-order valence-corrected chi connectivity index (χ0v) is 17.6. The third-order valence-corrected chi connectivity index (χ3v) is 6.03. The Balaban J connectivity index is 0.00000131. The smallest absolute Gasteiger partial charge is 0.262 e. The van der Waals surface area contributed by atoms with E-state index in [-0.39, 0.29) is 36.4 Å². The minimum Gasteiger partial charge on any atom is -0.312 e. The monoisotopic (exact) mass is 426 g/mol. The summed E-state index contributed by atoms with van der Waals surface area (Å²) >= 11 is 1.65. The van der Waals surface area contributed by atoms with E-state index >= 15 is 0 Å². The van der Waals surface area contributed by atoms with Gasteiger partial charge in [-0.3, -0.25) is 14.3 Å². The summed E-state index contributed by atoms with van der Waals surface area (Å²) in [5.41, 5.74) is 2.37. The molecule has 0 fully saturated rings. The lowest BCUT2D eigenvalue weighted by atomic mass is 10.0. The maximum atomic E-state index is 13.3. The highest BCUT2D eigenvalue weighted by atomic mass is 35.5. The van der Waals surface area contributed by atoms with Crippen LogP contribution in [0.5, 0.6) is 0 Å². The predicted octanol–water partition coefficient (Wildman–Crippen LogP) is 4.12. The van der Waals surface area contributed by atoms with Crippen LogP contribution in [-0.4, -0.2) is 21.1 Å². The number of hydrogen-bond acceptors (Lipinski definition) is 5. The van der Waals surface area contributed by atoms with Crippen LogP contribution in [-0.2, 0) is 13.0 Å². The molecule has 5 nitrogen and oxygen atoms in total. The summed E-state index contributed by atoms with van der Waals surface area (Å²) in [6.07, 6.45) is 9.35. The van der Waals surface area contributed by atoms with Crippen LogP contribution in [0, 0.1) is 0 Å². The molecule has 0 saturated heterocycles. The fourth-order valence-electron chi connectivity index (χ4n) is 3.59. The lowest BCUT2D eigenvalue weighted by molar-refractivity contribution is 0.498. The summed E-state index contributed by atoms with van der Waals surface area (Å²) < 4.78 is 1.82. The summed E-state index contributed by atoms with van der Waals surface area (Å²) in [5, 5.41) is 4.21. The van der Waals surface area contributed by atoms with Crippen LogP contribution in [0.2, 0.25) is 0 Å². The number of aromatic nitrogens is 3. The molecule has 4 rings (SSSR count). The van der Waals surface area contributed by atoms with Crippen LogP contribution in [0.1, 0.15) is 48.2 Å². The number of hydrogen-bond donors (Lipinski definition) is 1. The first-order valence-corrected chi connectivity index (χ1v) is 9.73. The molecule has 8 heteroatoms. The van der Waals surface area contributed by atoms with Gasteiger partial charge in [-0.15, -0.1) is 36.2 Å². The average molecular weight is 427 g/mol. The molecule has 1 N–H and O–H groups in total. The Kier molecular flexibility index (Phi) is 7.79. The molecule has 0 amide bonds. The van der Waals surface area contributed by atoms with Crippen molar-refractivity contribution >= 4 is 46.4 Å². The molecule has 0 aromatic carbocycles. The Bertz CT molecular complexity index is 942. The summed E-state index contributed by atoms with van der Waals surface area (Å²) in [6.45, 7) is 3.94. The molecule has 1 aliphatic rings. The van der Waals surface area contributed by atoms with Crippen LogP contribution in [0.4, 0.5) is 0 Å². The number of nitrogens with zero attached hydrogens (tertiary/aromatic N) is 3. The van der Waals surface area contributed by atoms with Crippen molar-refractivity contribution in [2.24, 2.45) is 0 Å². The van der Waals surface area contributed by atoms with Crippen molar-refractivity contribution in [1.29, 1.82) is 0 Å². The lowest BCUT2D eigenvalue weighted by Crippen LogP contribution is -2.28. The molecule has 27 heavy (non-hydrogen) atoms. The van der Waals surface area contributed by atoms with Gasteiger partial charge in [0.05, 0.1) is 17.8 Å². The second-order valence-electron chi connectivity index (χ2n) is 6.51. The first-order chi connectivity index (χ1) is 12.3. The van der Waals surface area contributed by atoms with Gasteiger partial charge in [-0.05, 0) is 36.6 Å². The number of halogens is 2. The Labute approximate surface area is 175 Å². The van der Waals surface area contributed by atoms with Gasteiger partial charge in [0.2, 0.25) is 0 Å². The Morgan fingerprint density at radius 1 is 1.37 bits per heavy atom. The van der Waals surface area contributed by atoms with E-state index in [1.807, 2.05) is 16.8 Å². The molecule has 1 atom stereocenters. The fraction of sp³-hybridized carbons (Fsp3) is 0.421. The van der Waals surface area contributed by atoms with E-state index in [4.69, 9.17) is 0 Å². The van der Waals surface area contributed by atoms with Crippen molar-refractivity contribution in [3.63, 3.8) is 0 Å². The van der Waals surface area contributed by atoms with Gasteiger partial charge in [-0.1, -0.05) is 25.8 Å². The van der Waals surface area contributed by atoms with Crippen molar-refractivity contribution in [1.82, 2.24) is 19.9 Å². The maximum absolute atomic E-state index is 13.3. The molecular formula is C19H24Cl2N4OS. The lowest BCUT2D eigenvalue weighted by Gasteiger charge is -2.20. The molecule has 0 aliphatic carbocycles. The first kappa shape index (κ1) is 21.8. The molecule has 4 heterocycles. The van der Waals surface area contributed by atoms with Crippen molar-refractivity contribution in [2.45, 2.75) is 45.2 Å². The predicted molar refractivity (Wildman–Crippen MR) is 116 cm³/mol. The highest BCUT2D eigenvalue weighted by molar-refractivity contribution is 7.18. The molecular weight excluding hydrogens is 403 g/mol. The van der Waals surface area contributed by atoms with Gasteiger partial charge in [0.1, 0.15) is 4.83 Å². The van der Waals surface area contributed by atoms with Crippen molar-refractivity contribution in [3.8, 4) is 0 Å². The molecule has 0 radical (unpaired) electrons. The van der Waals surface area contributed by atoms with Gasteiger partial charge in [0.15, 0.2) is 0 Å². The van der Waals surface area contributed by atoms with Crippen LogP contribution in [0.15, 0.2) is 35.6 Å². The highest BCUT2D eigenvalue weighted by Gasteiger charge is 2.22. The normalized spacial score (nSPS) is 14.1. The van der Waals surface area contributed by atoms with Crippen LogP contribution < -0.4 is 10.9 Å². The number of rotatable bonds is 5. The molecule has 3 aromatic rings. The molecule has 1 aliphatic heterocycles. The van der Waals surface area contributed by atoms with Gasteiger partial charge < -0.3 is 5.32 Å². The van der Waals surface area contributed by atoms with Crippen molar-refractivity contribution < 1.29 is 0 Å². The number of pyridine rings is 1. The van der Waals surface area contributed by atoms with Gasteiger partial charge in [0, 0.05) is 23.8 Å². The summed E-state index contributed by atoms with van der Waals surface area (Å²) in [5.74, 6) is 0. The molecule has 0 saturated carbocycles. The van der Waals surface area contributed by atoms with Gasteiger partial charge in [-0.2, -0.15) is 0 Å². The summed E-state index contributed by atoms with van der Waals surface area (Å²) in [7, 11) is 0. The Morgan fingerprint density at radius 3 is 2.96 bits per heavy atom. The van der Waals surface area contributed by atoms with E-state index in [2.05, 4.69) is 28.3 Å². The number of unbranched alkanes of at least 4 members (excludes halogenated alkanes) is 1. The Hall–Kier alpha value is -1.47. The van der Waals surface area contributed by atoms with Crippen LogP contribution in [0.25, 0.3) is 10.2 Å². The second kappa shape index (κ2) is 9.64. The first-order valence-electron chi connectivity index (χ1n) is 8.91. The highest BCUT2D eigenvalue weighted by Crippen LogP contribution is 2.31. The van der Waals surface area contributed by atoms with Gasteiger partial charge in [0.25, 0.3) is 5.56 Å². The Morgan fingerprint density at radius 2 is 2.22 bits per heavy atom. The van der Waals surface area contributed by atoms with E-state index in [9.17, 15) is 4.79 Å². The van der Waals surface area contributed by atoms with E-state index in [1.165, 1.54) is 10.4 Å². The van der Waals surface area contributed by atoms with E-state index in [0.29, 0.717) is 0 Å². The average Bonchev–Trinajstić information content (AvgIpc) is 3.04. The molecule has 0 spiro atoms. The number of thiophene rings is 1. The molecule has 0 bridgehead atoms. The number of nitrogens with one attached hydrogen (secondary N) is 1. The standard InChI is InChI=1S/C19H22N4OS.2ClH/c1-2-3-6-15(13-5-4-8-20-10-13)23-12-22-18-17(19(23)24)14-7-9-21-11-16(14)25-18;;/h4-5,8,10,12,15,21H,2-3,6-7,9,11H2,1H3;2*1H. The molecule has 146 valence electrons. The molecule has 1 unspecified atom stereocenters. The minimum atomic E-state index is -0.00434. The maximum Gasteiger partial charge on any atom is 0.262 e. The summed E-state index contributed by atoms with van der Waals surface area (Å²) in [6, 6.07) is 3.98. The minimum absolute atomic E-state index is 0. The van der Waals surface area contributed by atoms with E-state index < -0.39 is 0 Å². The fourth-order valence-corrected chi connectivity index (χ4v) is 4.73. The topological polar surface area (TPSA) is 59.8 Å². The SMILES string of the molecule is CCCCC(c1cccnc1)n1cnc2sc3c(c2c1=O)CCNC3.Cl.Cl. The van der Waals surface area contributed by atoms with Gasteiger partial charge in [-0.25, -0.2) is 4.98 Å². The summed E-state index contributed by atoms with van der Waals surface area (Å²) in [4.78, 5) is 24.3. The van der Waals surface area contributed by atoms with Crippen LogP contribution in [0.3, 0.4) is 0 Å². The third kappa shape index (κ3) is 4.19. The zero-order chi connectivity index (χ0) is 17.2.